The van der Waals surface area contributed by atoms with Crippen LogP contribution in [0.1, 0.15) is 12.0 Å². The molecule has 0 spiro atoms. The summed E-state index contributed by atoms with van der Waals surface area (Å²) in [6.07, 6.45) is 12.0. The maximum atomic E-state index is 5.60. The van der Waals surface area contributed by atoms with E-state index in [-0.39, 0.29) is 0 Å². The van der Waals surface area contributed by atoms with Crippen LogP contribution in [-0.2, 0) is 0 Å². The Morgan fingerprint density at radius 1 is 0.423 bits per heavy atom. The molecular weight excluding hydrogens is 905 g/mol. The molecule has 1 aliphatic carbocycles. The monoisotopic (exact) mass is 950 g/mol. The van der Waals surface area contributed by atoms with E-state index in [2.05, 4.69) is 216 Å². The minimum Gasteiger partial charge on any atom is -0.497 e. The zero-order valence-corrected chi connectivity index (χ0v) is 40.8. The van der Waals surface area contributed by atoms with E-state index in [1.807, 2.05) is 46.9 Å². The van der Waals surface area contributed by atoms with Crippen LogP contribution in [0.3, 0.4) is 0 Å². The number of hydrogen-bond acceptors (Lipinski definition) is 6. The van der Waals surface area contributed by atoms with Crippen molar-refractivity contribution in [2.24, 2.45) is 0 Å². The van der Waals surface area contributed by atoms with Gasteiger partial charge in [-0.05, 0) is 154 Å². The largest absolute Gasteiger partial charge is 0.497 e. The van der Waals surface area contributed by atoms with Gasteiger partial charge in [-0.1, -0.05) is 121 Å². The molecule has 2 heterocycles. The molecule has 0 amide bonds. The highest BCUT2D eigenvalue weighted by atomic mass is 32.1. The summed E-state index contributed by atoms with van der Waals surface area (Å²) in [6, 6.07) is 73.3. The zero-order chi connectivity index (χ0) is 47.4. The number of hydrogen-bond donors (Lipinski definition) is 0. The number of benzene rings is 10. The van der Waals surface area contributed by atoms with E-state index in [4.69, 9.17) is 9.47 Å². The van der Waals surface area contributed by atoms with E-state index < -0.39 is 0 Å². The number of thiophene rings is 2. The first-order valence-corrected chi connectivity index (χ1v) is 25.6. The molecule has 0 atom stereocenters. The lowest BCUT2D eigenvalue weighted by Crippen LogP contribution is -2.10. The molecule has 13 rings (SSSR count). The second-order valence-corrected chi connectivity index (χ2v) is 20.0. The summed E-state index contributed by atoms with van der Waals surface area (Å²) in [5.41, 5.74) is 11.3. The van der Waals surface area contributed by atoms with Crippen LogP contribution in [0, 0.1) is 0 Å². The minimum absolute atomic E-state index is 0.811. The predicted octanol–water partition coefficient (Wildman–Crippen LogP) is 19.3. The molecule has 0 saturated heterocycles. The minimum atomic E-state index is 0.811. The van der Waals surface area contributed by atoms with Gasteiger partial charge in [-0.3, -0.25) is 0 Å². The number of rotatable bonds is 10. The first kappa shape index (κ1) is 42.7. The van der Waals surface area contributed by atoms with Crippen LogP contribution < -0.4 is 19.3 Å². The van der Waals surface area contributed by atoms with Crippen LogP contribution in [0.25, 0.3) is 78.6 Å². The van der Waals surface area contributed by atoms with Crippen molar-refractivity contribution in [1.29, 1.82) is 0 Å². The van der Waals surface area contributed by atoms with Gasteiger partial charge in [0.1, 0.15) is 11.5 Å². The lowest BCUT2D eigenvalue weighted by Gasteiger charge is -2.28. The highest BCUT2D eigenvalue weighted by Gasteiger charge is 2.24. The fraction of sp³-hybridized carbons (Fsp3) is 0.0462. The van der Waals surface area contributed by atoms with Gasteiger partial charge in [0.05, 0.1) is 19.9 Å². The second-order valence-electron chi connectivity index (χ2n) is 17.9. The topological polar surface area (TPSA) is 24.9 Å². The summed E-state index contributed by atoms with van der Waals surface area (Å²) in [4.78, 5) is 4.79. The maximum absolute atomic E-state index is 5.60. The maximum Gasteiger partial charge on any atom is 0.119 e. The number of anilines is 6. The van der Waals surface area contributed by atoms with Crippen LogP contribution in [0.2, 0.25) is 0 Å². The fourth-order valence-electron chi connectivity index (χ4n) is 10.4. The molecule has 0 radical (unpaired) electrons. The molecule has 0 fully saturated rings. The average Bonchev–Trinajstić information content (AvgIpc) is 3.87. The van der Waals surface area contributed by atoms with Crippen molar-refractivity contribution in [2.45, 2.75) is 6.42 Å². The normalized spacial score (nSPS) is 12.6. The second kappa shape index (κ2) is 17.8. The van der Waals surface area contributed by atoms with Crippen LogP contribution in [0.15, 0.2) is 231 Å². The Morgan fingerprint density at radius 3 is 1.80 bits per heavy atom. The molecule has 2 aromatic heterocycles. The number of methoxy groups -OCH3 is 2. The van der Waals surface area contributed by atoms with Gasteiger partial charge in [-0.25, -0.2) is 0 Å². The van der Waals surface area contributed by atoms with Crippen LogP contribution in [0.4, 0.5) is 34.1 Å². The van der Waals surface area contributed by atoms with Crippen molar-refractivity contribution >= 4 is 124 Å². The Morgan fingerprint density at radius 2 is 1.04 bits per heavy atom. The number of nitrogens with zero attached hydrogens (tertiary/aromatic N) is 2. The molecule has 0 bridgehead atoms. The van der Waals surface area contributed by atoms with Gasteiger partial charge in [0.2, 0.25) is 0 Å². The number of fused-ring (bicyclic) bond motifs is 9. The summed E-state index contributed by atoms with van der Waals surface area (Å²) < 4.78 is 16.2. The molecule has 0 N–H and O–H groups in total. The summed E-state index contributed by atoms with van der Waals surface area (Å²) in [5.74, 6) is 1.62. The smallest absolute Gasteiger partial charge is 0.119 e. The molecule has 10 aromatic carbocycles. The fourth-order valence-corrected chi connectivity index (χ4v) is 12.8. The van der Waals surface area contributed by atoms with E-state index >= 15 is 0 Å². The quantitative estimate of drug-likeness (QED) is 0.128. The summed E-state index contributed by atoms with van der Waals surface area (Å²) in [6.45, 7) is 0. The molecule has 0 saturated carbocycles. The SMILES string of the molecule is COc1ccc(N(c2ccc(OC)cc2)c2ccc3c(c2)sc2c(-c4cc5ccccc5c5ccccc45)ccc(N(c4ccc(C5=CC=CCC=C5)cc4)c4ccc5sc6ccccc6c5c4)c23)cc1. The third-order valence-electron chi connectivity index (χ3n) is 13.9. The average molecular weight is 951 g/mol. The van der Waals surface area contributed by atoms with E-state index in [0.29, 0.717) is 0 Å². The Bertz CT molecular complexity index is 4060. The summed E-state index contributed by atoms with van der Waals surface area (Å²) in [5, 5.41) is 9.93. The number of ether oxygens (including phenoxy) is 2. The lowest BCUT2D eigenvalue weighted by molar-refractivity contribution is 0.415. The third kappa shape index (κ3) is 7.51. The standard InChI is InChI=1S/C65H46N2O2S2/c1-68-50-31-25-45(26-32-50)66(46-27-33-51(69-2)34-28-46)49-29-35-57-63(41-49)71-65-56(58-39-44-15-7-8-16-52(44)53-17-9-10-18-54(53)58)36-37-60(64(57)65)67(47-23-21-43(22-24-47)42-13-5-3-4-6-14-42)48-30-38-62-59(40-48)55-19-11-12-20-61(55)70-62/h3,5-41H,4H2,1-2H3. The molecule has 0 aliphatic heterocycles. The van der Waals surface area contributed by atoms with E-state index in [1.54, 1.807) is 14.2 Å². The highest BCUT2D eigenvalue weighted by molar-refractivity contribution is 7.26. The van der Waals surface area contributed by atoms with E-state index in [1.165, 1.54) is 84.2 Å². The van der Waals surface area contributed by atoms with Crippen molar-refractivity contribution in [3.8, 4) is 22.6 Å². The van der Waals surface area contributed by atoms with Crippen molar-refractivity contribution < 1.29 is 9.47 Å². The van der Waals surface area contributed by atoms with Crippen LogP contribution >= 0.6 is 22.7 Å². The highest BCUT2D eigenvalue weighted by Crippen LogP contribution is 2.52. The summed E-state index contributed by atoms with van der Waals surface area (Å²) >= 11 is 3.72. The summed E-state index contributed by atoms with van der Waals surface area (Å²) in [7, 11) is 3.42. The lowest BCUT2D eigenvalue weighted by atomic mass is 9.92. The molecule has 340 valence electrons. The molecule has 1 aliphatic rings. The van der Waals surface area contributed by atoms with E-state index in [9.17, 15) is 0 Å². The van der Waals surface area contributed by atoms with Crippen molar-refractivity contribution in [3.63, 3.8) is 0 Å². The third-order valence-corrected chi connectivity index (χ3v) is 16.2. The molecule has 4 nitrogen and oxygen atoms in total. The molecule has 71 heavy (non-hydrogen) atoms. The Hall–Kier alpha value is -8.42. The van der Waals surface area contributed by atoms with Crippen molar-refractivity contribution in [3.05, 3.63) is 236 Å². The molecule has 6 heteroatoms. The van der Waals surface area contributed by atoms with Crippen LogP contribution in [-0.4, -0.2) is 14.2 Å². The molecule has 0 unspecified atom stereocenters. The molecular formula is C65H46N2O2S2. The van der Waals surface area contributed by atoms with Gasteiger partial charge in [0.25, 0.3) is 0 Å². The van der Waals surface area contributed by atoms with Gasteiger partial charge >= 0.3 is 0 Å². The van der Waals surface area contributed by atoms with Crippen molar-refractivity contribution in [1.82, 2.24) is 0 Å². The van der Waals surface area contributed by atoms with Gasteiger partial charge in [-0.15, -0.1) is 22.7 Å². The number of allylic oxidation sites excluding steroid dienone is 6. The predicted molar refractivity (Wildman–Crippen MR) is 306 cm³/mol. The Labute approximate surface area is 420 Å². The van der Waals surface area contributed by atoms with Gasteiger partial charge in [0, 0.05) is 74.3 Å². The van der Waals surface area contributed by atoms with Gasteiger partial charge in [0.15, 0.2) is 0 Å². The zero-order valence-electron chi connectivity index (χ0n) is 39.2. The first-order valence-electron chi connectivity index (χ1n) is 23.9. The van der Waals surface area contributed by atoms with Gasteiger partial charge in [-0.2, -0.15) is 0 Å². The van der Waals surface area contributed by atoms with Crippen LogP contribution in [0.5, 0.6) is 11.5 Å². The Balaban J connectivity index is 1.08. The van der Waals surface area contributed by atoms with E-state index in [0.717, 1.165) is 52.0 Å². The molecule has 12 aromatic rings. The Kier molecular flexibility index (Phi) is 10.7. The van der Waals surface area contributed by atoms with Gasteiger partial charge < -0.3 is 19.3 Å². The first-order chi connectivity index (χ1) is 35.1. The van der Waals surface area contributed by atoms with Crippen molar-refractivity contribution in [2.75, 3.05) is 24.0 Å².